The van der Waals surface area contributed by atoms with E-state index in [4.69, 9.17) is 0 Å². The Balaban J connectivity index is 2.75. The van der Waals surface area contributed by atoms with E-state index in [0.717, 1.165) is 17.8 Å². The lowest BCUT2D eigenvalue weighted by Gasteiger charge is -1.94. The van der Waals surface area contributed by atoms with E-state index in [-0.39, 0.29) is 5.82 Å². The van der Waals surface area contributed by atoms with Crippen molar-refractivity contribution in [1.82, 2.24) is 9.59 Å². The average molecular weight is 179 g/mol. The Bertz CT molecular complexity index is 290. The summed E-state index contributed by atoms with van der Waals surface area (Å²) in [6.07, 6.45) is 1.06. The van der Waals surface area contributed by atoms with E-state index in [0.29, 0.717) is 0 Å². The van der Waals surface area contributed by atoms with Crippen molar-refractivity contribution < 1.29 is 8.42 Å². The molecule has 1 heterocycles. The molecule has 0 fully saturated rings. The summed E-state index contributed by atoms with van der Waals surface area (Å²) in [6, 6.07) is 0. The number of hydrogen-bond donors (Lipinski definition) is 1. The first-order valence-corrected chi connectivity index (χ1v) is 5.05. The number of aromatic nitrogens is 2. The van der Waals surface area contributed by atoms with Gasteiger partial charge in [-0.25, -0.2) is 8.42 Å². The van der Waals surface area contributed by atoms with Crippen LogP contribution in [-0.2, 0) is 10.0 Å². The zero-order valence-corrected chi connectivity index (χ0v) is 6.74. The molecule has 0 saturated carbocycles. The van der Waals surface area contributed by atoms with E-state index in [1.165, 1.54) is 5.38 Å². The zero-order valence-electron chi connectivity index (χ0n) is 5.10. The third-order valence-corrected chi connectivity index (χ3v) is 1.73. The molecular formula is C3H5N3O2S2. The molecule has 5 nitrogen and oxygen atoms in total. The van der Waals surface area contributed by atoms with Crippen LogP contribution in [0, 0.1) is 0 Å². The van der Waals surface area contributed by atoms with Gasteiger partial charge in [-0.15, -0.1) is 5.10 Å². The summed E-state index contributed by atoms with van der Waals surface area (Å²) < 4.78 is 26.7. The highest BCUT2D eigenvalue weighted by Gasteiger charge is 2.02. The Morgan fingerprint density at radius 3 is 2.80 bits per heavy atom. The fourth-order valence-electron chi connectivity index (χ4n) is 0.399. The summed E-state index contributed by atoms with van der Waals surface area (Å²) in [5.41, 5.74) is 0. The van der Waals surface area contributed by atoms with Gasteiger partial charge < -0.3 is 0 Å². The molecule has 0 saturated heterocycles. The minimum absolute atomic E-state index is 0.271. The monoisotopic (exact) mass is 179 g/mol. The summed E-state index contributed by atoms with van der Waals surface area (Å²) in [5, 5.41) is 4.99. The predicted octanol–water partition coefficient (Wildman–Crippen LogP) is -0.0904. The van der Waals surface area contributed by atoms with Gasteiger partial charge in [0.05, 0.1) is 11.6 Å². The molecule has 1 aromatic rings. The summed E-state index contributed by atoms with van der Waals surface area (Å²) in [6.45, 7) is 0. The van der Waals surface area contributed by atoms with Crippen LogP contribution in [0.25, 0.3) is 0 Å². The highest BCUT2D eigenvalue weighted by Crippen LogP contribution is 2.04. The van der Waals surface area contributed by atoms with Crippen molar-refractivity contribution in [3.8, 4) is 0 Å². The standard InChI is InChI=1S/C3H5N3O2S2/c1-10(7,8)5-3-2-9-6-4-3/h2,5H,1H3. The topological polar surface area (TPSA) is 72.0 Å². The van der Waals surface area contributed by atoms with Gasteiger partial charge in [0.15, 0.2) is 5.82 Å². The fourth-order valence-corrected chi connectivity index (χ4v) is 1.34. The van der Waals surface area contributed by atoms with Crippen molar-refractivity contribution in [3.63, 3.8) is 0 Å². The second-order valence-corrected chi connectivity index (χ2v) is 4.02. The van der Waals surface area contributed by atoms with Crippen LogP contribution < -0.4 is 4.72 Å². The summed E-state index contributed by atoms with van der Waals surface area (Å²) >= 11 is 1.09. The Hall–Kier alpha value is -0.690. The van der Waals surface area contributed by atoms with Gasteiger partial charge in [0.25, 0.3) is 0 Å². The van der Waals surface area contributed by atoms with Crippen molar-refractivity contribution in [2.45, 2.75) is 0 Å². The summed E-state index contributed by atoms with van der Waals surface area (Å²) in [4.78, 5) is 0. The Morgan fingerprint density at radius 1 is 1.70 bits per heavy atom. The molecule has 0 aliphatic carbocycles. The van der Waals surface area contributed by atoms with Crippen LogP contribution in [0.4, 0.5) is 5.82 Å². The van der Waals surface area contributed by atoms with E-state index < -0.39 is 10.0 Å². The third-order valence-electron chi connectivity index (χ3n) is 0.650. The van der Waals surface area contributed by atoms with Crippen LogP contribution in [0.1, 0.15) is 0 Å². The smallest absolute Gasteiger partial charge is 0.231 e. The van der Waals surface area contributed by atoms with Crippen LogP contribution in [-0.4, -0.2) is 24.3 Å². The number of nitrogens with one attached hydrogen (secondary N) is 1. The number of nitrogens with zero attached hydrogens (tertiary/aromatic N) is 2. The Morgan fingerprint density at radius 2 is 2.40 bits per heavy atom. The van der Waals surface area contributed by atoms with Crippen molar-refractivity contribution >= 4 is 27.4 Å². The molecule has 0 spiro atoms. The SMILES string of the molecule is CS(=O)(=O)Nc1csnn1. The van der Waals surface area contributed by atoms with E-state index >= 15 is 0 Å². The summed E-state index contributed by atoms with van der Waals surface area (Å²) in [7, 11) is -3.19. The first-order chi connectivity index (χ1) is 4.58. The van der Waals surface area contributed by atoms with E-state index in [2.05, 4.69) is 14.3 Å². The maximum Gasteiger partial charge on any atom is 0.231 e. The van der Waals surface area contributed by atoms with Crippen LogP contribution >= 0.6 is 11.5 Å². The van der Waals surface area contributed by atoms with Crippen molar-refractivity contribution in [2.75, 3.05) is 11.0 Å². The lowest BCUT2D eigenvalue weighted by Crippen LogP contribution is -2.09. The molecule has 56 valence electrons. The van der Waals surface area contributed by atoms with Gasteiger partial charge in [0.2, 0.25) is 10.0 Å². The van der Waals surface area contributed by atoms with Crippen molar-refractivity contribution in [1.29, 1.82) is 0 Å². The summed E-state index contributed by atoms with van der Waals surface area (Å²) in [5.74, 6) is 0.271. The highest BCUT2D eigenvalue weighted by atomic mass is 32.2. The van der Waals surface area contributed by atoms with Gasteiger partial charge in [-0.1, -0.05) is 4.49 Å². The van der Waals surface area contributed by atoms with E-state index in [1.54, 1.807) is 0 Å². The molecule has 0 aliphatic heterocycles. The largest absolute Gasteiger partial charge is 0.265 e. The third kappa shape index (κ3) is 2.28. The van der Waals surface area contributed by atoms with Crippen LogP contribution in [0.2, 0.25) is 0 Å². The van der Waals surface area contributed by atoms with Crippen LogP contribution in [0.3, 0.4) is 0 Å². The van der Waals surface area contributed by atoms with Gasteiger partial charge in [-0.2, -0.15) is 0 Å². The van der Waals surface area contributed by atoms with Crippen molar-refractivity contribution in [2.24, 2.45) is 0 Å². The second kappa shape index (κ2) is 2.51. The van der Waals surface area contributed by atoms with E-state index in [9.17, 15) is 8.42 Å². The first-order valence-electron chi connectivity index (χ1n) is 2.33. The molecule has 0 radical (unpaired) electrons. The molecule has 0 amide bonds. The maximum absolute atomic E-state index is 10.5. The molecule has 0 bridgehead atoms. The van der Waals surface area contributed by atoms with Gasteiger partial charge in [0.1, 0.15) is 0 Å². The molecule has 1 aromatic heterocycles. The minimum Gasteiger partial charge on any atom is -0.265 e. The lowest BCUT2D eigenvalue weighted by atomic mass is 10.9. The Kier molecular flexibility index (Phi) is 1.86. The molecule has 0 aliphatic rings. The molecular weight excluding hydrogens is 174 g/mol. The molecule has 0 aromatic carbocycles. The average Bonchev–Trinajstić information content (AvgIpc) is 2.12. The first kappa shape index (κ1) is 7.42. The van der Waals surface area contributed by atoms with Gasteiger partial charge in [-0.3, -0.25) is 4.72 Å². The quantitative estimate of drug-likeness (QED) is 0.688. The van der Waals surface area contributed by atoms with Gasteiger partial charge in [-0.05, 0) is 11.5 Å². The van der Waals surface area contributed by atoms with Crippen molar-refractivity contribution in [3.05, 3.63) is 5.38 Å². The van der Waals surface area contributed by atoms with Gasteiger partial charge in [0, 0.05) is 0 Å². The molecule has 10 heavy (non-hydrogen) atoms. The normalized spacial score (nSPS) is 11.3. The minimum atomic E-state index is -3.19. The predicted molar refractivity (Wildman–Crippen MR) is 38.4 cm³/mol. The van der Waals surface area contributed by atoms with Gasteiger partial charge >= 0.3 is 0 Å². The number of sulfonamides is 1. The number of anilines is 1. The molecule has 0 unspecified atom stereocenters. The fraction of sp³-hybridized carbons (Fsp3) is 0.333. The second-order valence-electron chi connectivity index (χ2n) is 1.66. The molecule has 1 N–H and O–H groups in total. The van der Waals surface area contributed by atoms with E-state index in [1.807, 2.05) is 0 Å². The van der Waals surface area contributed by atoms with Crippen LogP contribution in [0.15, 0.2) is 5.38 Å². The number of hydrogen-bond acceptors (Lipinski definition) is 5. The number of rotatable bonds is 2. The lowest BCUT2D eigenvalue weighted by molar-refractivity contribution is 0.606. The molecule has 7 heteroatoms. The highest BCUT2D eigenvalue weighted by molar-refractivity contribution is 7.92. The maximum atomic E-state index is 10.5. The van der Waals surface area contributed by atoms with Crippen LogP contribution in [0.5, 0.6) is 0 Å². The molecule has 0 atom stereocenters. The Labute approximate surface area is 62.3 Å². The zero-order chi connectivity index (χ0) is 7.61. The molecule has 1 rings (SSSR count).